The summed E-state index contributed by atoms with van der Waals surface area (Å²) in [5.41, 5.74) is -0.421. The standard InChI is InChI=1S/C36H58O7S.Na/c1-3-5-7-9-11-13-15-17-19-21-23-25-29-42-35(37)33-28-27-32(44(39,40)41)31-34(33)36(38)43-30-26-24-22-20-18-16-14-12-10-8-6-4-2;/h21-24,27-28,31H,3-20,25-26,29-30H2,1-2H3,(H,39,40,41);/q;+1/p-1/b23-21+,24-22+;. The molecule has 1 aromatic carbocycles. The molecule has 1 rings (SSSR count). The van der Waals surface area contributed by atoms with Crippen molar-refractivity contribution in [2.75, 3.05) is 13.2 Å². The number of unbranched alkanes of at least 4 members (excludes halogenated alkanes) is 16. The van der Waals surface area contributed by atoms with E-state index in [9.17, 15) is 22.6 Å². The molecule has 0 atom stereocenters. The third-order valence-corrected chi connectivity index (χ3v) is 8.37. The zero-order valence-corrected chi connectivity index (χ0v) is 31.2. The summed E-state index contributed by atoms with van der Waals surface area (Å²) in [7, 11) is -4.82. The molecule has 0 fully saturated rings. The predicted molar refractivity (Wildman–Crippen MR) is 177 cm³/mol. The Morgan fingerprint density at radius 3 is 1.40 bits per heavy atom. The van der Waals surface area contributed by atoms with Crippen molar-refractivity contribution in [2.45, 2.75) is 147 Å². The Kier molecular flexibility index (Phi) is 27.8. The Morgan fingerprint density at radius 2 is 0.978 bits per heavy atom. The van der Waals surface area contributed by atoms with Crippen molar-refractivity contribution >= 4 is 22.1 Å². The van der Waals surface area contributed by atoms with Gasteiger partial charge >= 0.3 is 41.5 Å². The molecule has 0 heterocycles. The van der Waals surface area contributed by atoms with E-state index in [4.69, 9.17) is 9.47 Å². The average molecular weight is 657 g/mol. The number of ether oxygens (including phenoxy) is 2. The summed E-state index contributed by atoms with van der Waals surface area (Å²) in [6.45, 7) is 4.63. The van der Waals surface area contributed by atoms with Gasteiger partial charge in [-0.15, -0.1) is 0 Å². The minimum Gasteiger partial charge on any atom is -0.744 e. The second-order valence-electron chi connectivity index (χ2n) is 11.5. The topological polar surface area (TPSA) is 110 Å². The Hall–Kier alpha value is -1.45. The Balaban J connectivity index is 0.0000194. The molecule has 0 spiro atoms. The molecule has 0 bridgehead atoms. The number of carbonyl (C=O) groups excluding carboxylic acids is 2. The zero-order valence-electron chi connectivity index (χ0n) is 28.4. The van der Waals surface area contributed by atoms with Gasteiger partial charge in [-0.3, -0.25) is 0 Å². The third kappa shape index (κ3) is 22.7. The van der Waals surface area contributed by atoms with Crippen LogP contribution >= 0.6 is 0 Å². The predicted octanol–water partition coefficient (Wildman–Crippen LogP) is 6.86. The molecule has 0 aliphatic carbocycles. The average Bonchev–Trinajstić information content (AvgIpc) is 3.00. The molecule has 0 aliphatic rings. The summed E-state index contributed by atoms with van der Waals surface area (Å²) < 4.78 is 45.2. The number of rotatable bonds is 27. The second-order valence-corrected chi connectivity index (χ2v) is 12.9. The molecule has 7 nitrogen and oxygen atoms in total. The van der Waals surface area contributed by atoms with Gasteiger partial charge < -0.3 is 14.0 Å². The molecule has 0 saturated heterocycles. The van der Waals surface area contributed by atoms with Crippen LogP contribution in [0.5, 0.6) is 0 Å². The summed E-state index contributed by atoms with van der Waals surface area (Å²) in [6.07, 6.45) is 31.3. The SMILES string of the molecule is CCCCCCCCCC/C=C/CCOC(=O)c1ccc(S(=O)(=O)[O-])cc1C(=O)OCC/C=C/CCCCCCCCCC.[Na+]. The first-order valence-electron chi connectivity index (χ1n) is 17.0. The number of benzene rings is 1. The molecule has 0 aromatic heterocycles. The van der Waals surface area contributed by atoms with Crippen LogP contribution in [0.3, 0.4) is 0 Å². The maximum absolute atomic E-state index is 12.8. The van der Waals surface area contributed by atoms with Crippen molar-refractivity contribution in [2.24, 2.45) is 0 Å². The van der Waals surface area contributed by atoms with Crippen molar-refractivity contribution in [1.29, 1.82) is 0 Å². The molecule has 0 saturated carbocycles. The van der Waals surface area contributed by atoms with E-state index in [0.29, 0.717) is 12.8 Å². The minimum atomic E-state index is -4.82. The quantitative estimate of drug-likeness (QED) is 0.0335. The molecule has 0 unspecified atom stereocenters. The molecule has 0 amide bonds. The van der Waals surface area contributed by atoms with Gasteiger partial charge in [0.1, 0.15) is 10.1 Å². The van der Waals surface area contributed by atoms with Crippen molar-refractivity contribution in [1.82, 2.24) is 0 Å². The smallest absolute Gasteiger partial charge is 0.744 e. The zero-order chi connectivity index (χ0) is 32.3. The summed E-state index contributed by atoms with van der Waals surface area (Å²) in [4.78, 5) is 24.9. The summed E-state index contributed by atoms with van der Waals surface area (Å²) in [6, 6.07) is 3.03. The van der Waals surface area contributed by atoms with E-state index >= 15 is 0 Å². The molecule has 0 N–H and O–H groups in total. The fourth-order valence-electron chi connectivity index (χ4n) is 4.88. The van der Waals surface area contributed by atoms with Crippen molar-refractivity contribution in [3.05, 3.63) is 53.6 Å². The van der Waals surface area contributed by atoms with E-state index in [1.165, 1.54) is 89.9 Å². The van der Waals surface area contributed by atoms with Crippen molar-refractivity contribution in [3.8, 4) is 0 Å². The largest absolute Gasteiger partial charge is 1.00 e. The van der Waals surface area contributed by atoms with E-state index in [0.717, 1.165) is 43.9 Å². The van der Waals surface area contributed by atoms with Gasteiger partial charge in [-0.05, 0) is 56.7 Å². The van der Waals surface area contributed by atoms with E-state index in [1.807, 2.05) is 12.2 Å². The van der Waals surface area contributed by atoms with Crippen LogP contribution in [0.1, 0.15) is 163 Å². The van der Waals surface area contributed by atoms with Gasteiger partial charge in [0, 0.05) is 0 Å². The first kappa shape index (κ1) is 43.5. The monoisotopic (exact) mass is 656 g/mol. The summed E-state index contributed by atoms with van der Waals surface area (Å²) in [5, 5.41) is 0. The minimum absolute atomic E-state index is 0. The van der Waals surface area contributed by atoms with Gasteiger partial charge in [0.25, 0.3) is 0 Å². The van der Waals surface area contributed by atoms with Gasteiger partial charge in [0.15, 0.2) is 0 Å². The Bertz CT molecular complexity index is 1080. The van der Waals surface area contributed by atoms with E-state index in [1.54, 1.807) is 0 Å². The molecule has 45 heavy (non-hydrogen) atoms. The van der Waals surface area contributed by atoms with Crippen molar-refractivity contribution < 1.29 is 61.6 Å². The van der Waals surface area contributed by atoms with Crippen LogP contribution in [-0.2, 0) is 19.6 Å². The van der Waals surface area contributed by atoms with E-state index in [2.05, 4.69) is 26.0 Å². The Labute approximate surface area is 296 Å². The number of hydrogen-bond acceptors (Lipinski definition) is 7. The summed E-state index contributed by atoms with van der Waals surface area (Å²) in [5.74, 6) is -1.64. The van der Waals surface area contributed by atoms with Crippen molar-refractivity contribution in [3.63, 3.8) is 0 Å². The number of hydrogen-bond donors (Lipinski definition) is 0. The molecule has 0 radical (unpaired) electrons. The van der Waals surface area contributed by atoms with Gasteiger partial charge in [-0.1, -0.05) is 128 Å². The van der Waals surface area contributed by atoms with Crippen LogP contribution in [0.25, 0.3) is 0 Å². The van der Waals surface area contributed by atoms with Crippen LogP contribution < -0.4 is 29.6 Å². The fraction of sp³-hybridized carbons (Fsp3) is 0.667. The number of carbonyl (C=O) groups is 2. The van der Waals surface area contributed by atoms with Gasteiger partial charge in [0.2, 0.25) is 0 Å². The maximum Gasteiger partial charge on any atom is 1.00 e. The first-order valence-corrected chi connectivity index (χ1v) is 18.5. The molecular weight excluding hydrogens is 599 g/mol. The molecular formula is C36H57NaO7S. The maximum atomic E-state index is 12.8. The van der Waals surface area contributed by atoms with Crippen LogP contribution in [0.2, 0.25) is 0 Å². The first-order chi connectivity index (χ1) is 21.3. The van der Waals surface area contributed by atoms with E-state index in [-0.39, 0.29) is 53.9 Å². The molecule has 9 heteroatoms. The fourth-order valence-corrected chi connectivity index (χ4v) is 5.38. The van der Waals surface area contributed by atoms with Gasteiger partial charge in [-0.25, -0.2) is 18.0 Å². The molecule has 1 aromatic rings. The second kappa shape index (κ2) is 28.7. The van der Waals surface area contributed by atoms with Gasteiger partial charge in [-0.2, -0.15) is 0 Å². The van der Waals surface area contributed by atoms with E-state index < -0.39 is 27.0 Å². The van der Waals surface area contributed by atoms with Gasteiger partial charge in [0.05, 0.1) is 29.2 Å². The normalized spacial score (nSPS) is 11.6. The third-order valence-electron chi connectivity index (χ3n) is 7.54. The molecule has 250 valence electrons. The number of esters is 2. The molecule has 0 aliphatic heterocycles. The van der Waals surface area contributed by atoms with Crippen LogP contribution in [0.15, 0.2) is 47.4 Å². The van der Waals surface area contributed by atoms with Crippen LogP contribution in [0, 0.1) is 0 Å². The van der Waals surface area contributed by atoms with Crippen LogP contribution in [-0.4, -0.2) is 38.1 Å². The summed E-state index contributed by atoms with van der Waals surface area (Å²) >= 11 is 0. The van der Waals surface area contributed by atoms with Crippen LogP contribution in [0.4, 0.5) is 0 Å². The number of allylic oxidation sites excluding steroid dienone is 2. The Morgan fingerprint density at radius 1 is 0.600 bits per heavy atom.